The molecular weight excluding hydrogens is 294 g/mol. The van der Waals surface area contributed by atoms with Crippen molar-refractivity contribution in [2.45, 2.75) is 5.03 Å². The third kappa shape index (κ3) is 3.71. The van der Waals surface area contributed by atoms with E-state index in [1.165, 1.54) is 18.0 Å². The molecule has 20 heavy (non-hydrogen) atoms. The normalized spacial score (nSPS) is 11.7. The molecule has 0 aliphatic heterocycles. The molecule has 7 heteroatoms. The Hall–Kier alpha value is -1.60. The third-order valence-electron chi connectivity index (χ3n) is 2.69. The van der Waals surface area contributed by atoms with Crippen LogP contribution in [0.1, 0.15) is 5.56 Å². The molecule has 106 valence electrons. The van der Waals surface area contributed by atoms with Crippen LogP contribution in [-0.2, 0) is 9.84 Å². The molecule has 0 bridgehead atoms. The highest BCUT2D eigenvalue weighted by Crippen LogP contribution is 2.24. The topological polar surface area (TPSA) is 96.9 Å². The first-order valence-corrected chi connectivity index (χ1v) is 8.96. The van der Waals surface area contributed by atoms with E-state index in [2.05, 4.69) is 4.98 Å². The molecule has 2 rings (SSSR count). The quantitative estimate of drug-likeness (QED) is 0.497. The lowest BCUT2D eigenvalue weighted by molar-refractivity contribution is 0.603. The predicted octanol–water partition coefficient (Wildman–Crippen LogP) is 1.66. The van der Waals surface area contributed by atoms with E-state index in [9.17, 15) is 8.42 Å². The van der Waals surface area contributed by atoms with Crippen molar-refractivity contribution in [2.75, 3.05) is 17.8 Å². The average Bonchev–Trinajstić information content (AvgIpc) is 2.36. The van der Waals surface area contributed by atoms with Crippen LogP contribution < -0.4 is 5.73 Å². The summed E-state index contributed by atoms with van der Waals surface area (Å²) in [6, 6.07) is 9.18. The van der Waals surface area contributed by atoms with Gasteiger partial charge in [-0.2, -0.15) is 0 Å². The molecule has 0 unspecified atom stereocenters. The molecular formula is C13H15N3O2S2. The SMILES string of the molecule is CS(=O)(=O)CCSc1cc(C(=N)N)c2ccccc2n1. The maximum absolute atomic E-state index is 11.1. The van der Waals surface area contributed by atoms with Crippen molar-refractivity contribution in [3.63, 3.8) is 0 Å². The second kappa shape index (κ2) is 5.80. The van der Waals surface area contributed by atoms with Gasteiger partial charge in [0, 0.05) is 23.0 Å². The summed E-state index contributed by atoms with van der Waals surface area (Å²) in [5, 5.41) is 9.14. The Morgan fingerprint density at radius 1 is 1.40 bits per heavy atom. The highest BCUT2D eigenvalue weighted by atomic mass is 32.2. The zero-order valence-corrected chi connectivity index (χ0v) is 12.6. The fourth-order valence-electron chi connectivity index (χ4n) is 1.75. The van der Waals surface area contributed by atoms with Gasteiger partial charge in [0.25, 0.3) is 0 Å². The largest absolute Gasteiger partial charge is 0.384 e. The van der Waals surface area contributed by atoms with Crippen LogP contribution in [0.25, 0.3) is 10.9 Å². The van der Waals surface area contributed by atoms with Gasteiger partial charge in [-0.15, -0.1) is 11.8 Å². The number of pyridine rings is 1. The minimum Gasteiger partial charge on any atom is -0.384 e. The van der Waals surface area contributed by atoms with Gasteiger partial charge in [-0.3, -0.25) is 5.41 Å². The van der Waals surface area contributed by atoms with Gasteiger partial charge in [-0.25, -0.2) is 13.4 Å². The number of fused-ring (bicyclic) bond motifs is 1. The molecule has 0 aliphatic rings. The van der Waals surface area contributed by atoms with E-state index in [1.807, 2.05) is 24.3 Å². The van der Waals surface area contributed by atoms with Gasteiger partial charge in [0.05, 0.1) is 16.3 Å². The molecule has 0 radical (unpaired) electrons. The summed E-state index contributed by atoms with van der Waals surface area (Å²) in [6.07, 6.45) is 1.21. The van der Waals surface area contributed by atoms with Crippen LogP contribution in [-0.4, -0.2) is 37.0 Å². The van der Waals surface area contributed by atoms with Crippen molar-refractivity contribution >= 4 is 38.3 Å². The number of nitrogen functional groups attached to an aromatic ring is 1. The van der Waals surface area contributed by atoms with Crippen molar-refractivity contribution < 1.29 is 8.42 Å². The van der Waals surface area contributed by atoms with E-state index >= 15 is 0 Å². The zero-order chi connectivity index (χ0) is 14.8. The monoisotopic (exact) mass is 309 g/mol. The first-order chi connectivity index (χ1) is 9.37. The highest BCUT2D eigenvalue weighted by molar-refractivity contribution is 8.00. The van der Waals surface area contributed by atoms with Crippen molar-refractivity contribution in [3.05, 3.63) is 35.9 Å². The van der Waals surface area contributed by atoms with Crippen LogP contribution in [0.4, 0.5) is 0 Å². The van der Waals surface area contributed by atoms with E-state index in [-0.39, 0.29) is 11.6 Å². The molecule has 0 saturated carbocycles. The standard InChI is InChI=1S/C13H15N3O2S2/c1-20(17,18)7-6-19-12-8-10(13(14)15)9-4-2-3-5-11(9)16-12/h2-5,8H,6-7H2,1H3,(H3,14,15). The second-order valence-corrected chi connectivity index (χ2v) is 7.79. The Kier molecular flexibility index (Phi) is 4.29. The van der Waals surface area contributed by atoms with Crippen LogP contribution in [0.5, 0.6) is 0 Å². The van der Waals surface area contributed by atoms with E-state index in [0.717, 1.165) is 10.9 Å². The summed E-state index contributed by atoms with van der Waals surface area (Å²) in [7, 11) is -2.98. The molecule has 0 spiro atoms. The van der Waals surface area contributed by atoms with Crippen molar-refractivity contribution in [1.82, 2.24) is 4.98 Å². The summed E-state index contributed by atoms with van der Waals surface area (Å²) in [5.74, 6) is 0.511. The lowest BCUT2D eigenvalue weighted by atomic mass is 10.1. The van der Waals surface area contributed by atoms with Crippen LogP contribution >= 0.6 is 11.8 Å². The summed E-state index contributed by atoms with van der Waals surface area (Å²) in [6.45, 7) is 0. The summed E-state index contributed by atoms with van der Waals surface area (Å²) >= 11 is 1.35. The first kappa shape index (κ1) is 14.8. The molecule has 1 aromatic carbocycles. The maximum atomic E-state index is 11.1. The van der Waals surface area contributed by atoms with E-state index in [0.29, 0.717) is 16.3 Å². The van der Waals surface area contributed by atoms with Gasteiger partial charge in [0.1, 0.15) is 15.7 Å². The Balaban J connectivity index is 2.33. The Labute approximate surface area is 122 Å². The third-order valence-corrected chi connectivity index (χ3v) is 4.80. The fraction of sp³-hybridized carbons (Fsp3) is 0.231. The molecule has 0 fully saturated rings. The highest BCUT2D eigenvalue weighted by Gasteiger charge is 2.09. The van der Waals surface area contributed by atoms with Crippen LogP contribution in [0, 0.1) is 5.41 Å². The van der Waals surface area contributed by atoms with Gasteiger partial charge in [-0.05, 0) is 12.1 Å². The lowest BCUT2D eigenvalue weighted by Gasteiger charge is -2.08. The molecule has 0 saturated heterocycles. The smallest absolute Gasteiger partial charge is 0.148 e. The summed E-state index contributed by atoms with van der Waals surface area (Å²) < 4.78 is 22.2. The number of hydrogen-bond acceptors (Lipinski definition) is 5. The Bertz CT molecular complexity index is 757. The number of aromatic nitrogens is 1. The van der Waals surface area contributed by atoms with Crippen molar-refractivity contribution in [2.24, 2.45) is 5.73 Å². The number of hydrogen-bond donors (Lipinski definition) is 2. The first-order valence-electron chi connectivity index (χ1n) is 5.91. The second-order valence-electron chi connectivity index (χ2n) is 4.42. The van der Waals surface area contributed by atoms with Gasteiger partial charge < -0.3 is 5.73 Å². The molecule has 3 N–H and O–H groups in total. The Morgan fingerprint density at radius 2 is 2.10 bits per heavy atom. The number of nitrogens with zero attached hydrogens (tertiary/aromatic N) is 1. The van der Waals surface area contributed by atoms with E-state index < -0.39 is 9.84 Å². The molecule has 0 atom stereocenters. The van der Waals surface area contributed by atoms with Crippen molar-refractivity contribution in [1.29, 1.82) is 5.41 Å². The van der Waals surface area contributed by atoms with Crippen LogP contribution in [0.15, 0.2) is 35.4 Å². The number of thioether (sulfide) groups is 1. The molecule has 5 nitrogen and oxygen atoms in total. The maximum Gasteiger partial charge on any atom is 0.148 e. The Morgan fingerprint density at radius 3 is 2.75 bits per heavy atom. The van der Waals surface area contributed by atoms with Crippen molar-refractivity contribution in [3.8, 4) is 0 Å². The number of amidine groups is 1. The number of nitrogens with two attached hydrogens (primary N) is 1. The zero-order valence-electron chi connectivity index (χ0n) is 11.0. The lowest BCUT2D eigenvalue weighted by Crippen LogP contribution is -2.12. The van der Waals surface area contributed by atoms with Gasteiger partial charge >= 0.3 is 0 Å². The predicted molar refractivity (Wildman–Crippen MR) is 83.2 cm³/mol. The van der Waals surface area contributed by atoms with Gasteiger partial charge in [0.15, 0.2) is 0 Å². The molecule has 1 heterocycles. The number of nitrogens with one attached hydrogen (secondary N) is 1. The molecule has 1 aromatic heterocycles. The van der Waals surface area contributed by atoms with Crippen LogP contribution in [0.2, 0.25) is 0 Å². The van der Waals surface area contributed by atoms with Gasteiger partial charge in [-0.1, -0.05) is 18.2 Å². The molecule has 0 aliphatic carbocycles. The minimum absolute atomic E-state index is 0.0198. The molecule has 2 aromatic rings. The minimum atomic E-state index is -2.98. The number of rotatable bonds is 5. The molecule has 0 amide bonds. The summed E-state index contributed by atoms with van der Waals surface area (Å²) in [5.41, 5.74) is 6.97. The summed E-state index contributed by atoms with van der Waals surface area (Å²) in [4.78, 5) is 4.45. The van der Waals surface area contributed by atoms with Gasteiger partial charge in [0.2, 0.25) is 0 Å². The van der Waals surface area contributed by atoms with E-state index in [4.69, 9.17) is 11.1 Å². The van der Waals surface area contributed by atoms with E-state index in [1.54, 1.807) is 6.07 Å². The van der Waals surface area contributed by atoms with Crippen LogP contribution in [0.3, 0.4) is 0 Å². The number of para-hydroxylation sites is 1. The average molecular weight is 309 g/mol. The number of benzene rings is 1. The number of sulfone groups is 1. The fourth-order valence-corrected chi connectivity index (χ4v) is 3.86.